The molecular formula is C23H25N3O2. The van der Waals surface area contributed by atoms with Crippen molar-refractivity contribution in [3.8, 4) is 17.4 Å². The normalized spacial score (nSPS) is 12.6. The molecule has 0 saturated heterocycles. The number of nitrogens with zero attached hydrogens (tertiary/aromatic N) is 2. The topological polar surface area (TPSA) is 56.3 Å². The molecule has 0 unspecified atom stereocenters. The van der Waals surface area contributed by atoms with E-state index in [4.69, 9.17) is 9.47 Å². The molecule has 1 aliphatic carbocycles. The van der Waals surface area contributed by atoms with E-state index in [2.05, 4.69) is 27.4 Å². The van der Waals surface area contributed by atoms with Crippen molar-refractivity contribution < 1.29 is 9.47 Å². The van der Waals surface area contributed by atoms with Crippen LogP contribution in [0.15, 0.2) is 48.8 Å². The third kappa shape index (κ3) is 4.15. The van der Waals surface area contributed by atoms with E-state index in [1.807, 2.05) is 31.2 Å². The van der Waals surface area contributed by atoms with Crippen LogP contribution >= 0.6 is 0 Å². The van der Waals surface area contributed by atoms with E-state index >= 15 is 0 Å². The average molecular weight is 375 g/mol. The Kier molecular flexibility index (Phi) is 5.53. The molecule has 0 saturated carbocycles. The van der Waals surface area contributed by atoms with Gasteiger partial charge in [-0.2, -0.15) is 0 Å². The van der Waals surface area contributed by atoms with Gasteiger partial charge in [-0.05, 0) is 61.6 Å². The highest BCUT2D eigenvalue weighted by atomic mass is 16.5. The Bertz CT molecular complexity index is 955. The van der Waals surface area contributed by atoms with Gasteiger partial charge in [-0.25, -0.2) is 4.98 Å². The highest BCUT2D eigenvalue weighted by Gasteiger charge is 2.15. The summed E-state index contributed by atoms with van der Waals surface area (Å²) >= 11 is 0. The van der Waals surface area contributed by atoms with Crippen molar-refractivity contribution >= 4 is 0 Å². The Morgan fingerprint density at radius 2 is 1.82 bits per heavy atom. The summed E-state index contributed by atoms with van der Waals surface area (Å²) in [5.41, 5.74) is 6.03. The molecule has 1 N–H and O–H groups in total. The van der Waals surface area contributed by atoms with Crippen LogP contribution in [0.4, 0.5) is 0 Å². The predicted molar refractivity (Wildman–Crippen MR) is 109 cm³/mol. The summed E-state index contributed by atoms with van der Waals surface area (Å²) in [6.07, 6.45) is 7.02. The standard InChI is InChI=1S/C23H25N3O2/c1-16-8-9-21(15-26-16)28-23-19(7-4-10-25-23)13-24-14-20-11-17-5-3-6-18(17)12-22(20)27-2/h4,7-12,15,24H,3,5-6,13-14H2,1-2H3. The summed E-state index contributed by atoms with van der Waals surface area (Å²) in [7, 11) is 1.74. The summed E-state index contributed by atoms with van der Waals surface area (Å²) < 4.78 is 11.5. The lowest BCUT2D eigenvalue weighted by Crippen LogP contribution is -2.14. The van der Waals surface area contributed by atoms with Crippen LogP contribution in [0.2, 0.25) is 0 Å². The van der Waals surface area contributed by atoms with Crippen LogP contribution in [0.5, 0.6) is 17.4 Å². The Morgan fingerprint density at radius 1 is 1.00 bits per heavy atom. The number of methoxy groups -OCH3 is 1. The Morgan fingerprint density at radius 3 is 2.61 bits per heavy atom. The molecule has 2 heterocycles. The summed E-state index contributed by atoms with van der Waals surface area (Å²) in [6, 6.07) is 12.3. The van der Waals surface area contributed by atoms with E-state index < -0.39 is 0 Å². The minimum absolute atomic E-state index is 0.599. The monoisotopic (exact) mass is 375 g/mol. The van der Waals surface area contributed by atoms with Crippen LogP contribution in [0.25, 0.3) is 0 Å². The number of aromatic nitrogens is 2. The Balaban J connectivity index is 1.44. The van der Waals surface area contributed by atoms with E-state index in [-0.39, 0.29) is 0 Å². The van der Waals surface area contributed by atoms with Crippen LogP contribution in [-0.2, 0) is 25.9 Å². The molecule has 4 rings (SSSR count). The van der Waals surface area contributed by atoms with Gasteiger partial charge >= 0.3 is 0 Å². The minimum atomic E-state index is 0.599. The lowest BCUT2D eigenvalue weighted by Gasteiger charge is -2.14. The fourth-order valence-electron chi connectivity index (χ4n) is 3.59. The number of pyridine rings is 2. The first-order valence-electron chi connectivity index (χ1n) is 9.66. The number of nitrogens with one attached hydrogen (secondary N) is 1. The summed E-state index contributed by atoms with van der Waals surface area (Å²) in [6.45, 7) is 3.34. The second kappa shape index (κ2) is 8.40. The van der Waals surface area contributed by atoms with Gasteiger partial charge in [0.2, 0.25) is 5.88 Å². The molecule has 2 aromatic heterocycles. The number of fused-ring (bicyclic) bond motifs is 1. The van der Waals surface area contributed by atoms with Crippen molar-refractivity contribution in [1.29, 1.82) is 0 Å². The fourth-order valence-corrected chi connectivity index (χ4v) is 3.59. The van der Waals surface area contributed by atoms with E-state index in [1.54, 1.807) is 19.5 Å². The van der Waals surface area contributed by atoms with Crippen LogP contribution in [-0.4, -0.2) is 17.1 Å². The maximum atomic E-state index is 5.93. The van der Waals surface area contributed by atoms with E-state index in [0.717, 1.165) is 36.4 Å². The van der Waals surface area contributed by atoms with Gasteiger partial charge in [0, 0.05) is 36.1 Å². The van der Waals surface area contributed by atoms with Gasteiger partial charge in [-0.1, -0.05) is 12.1 Å². The molecule has 0 fully saturated rings. The van der Waals surface area contributed by atoms with Crippen molar-refractivity contribution in [1.82, 2.24) is 15.3 Å². The highest BCUT2D eigenvalue weighted by Crippen LogP contribution is 2.30. The van der Waals surface area contributed by atoms with Crippen LogP contribution in [0.3, 0.4) is 0 Å². The highest BCUT2D eigenvalue weighted by molar-refractivity contribution is 5.45. The molecule has 28 heavy (non-hydrogen) atoms. The van der Waals surface area contributed by atoms with Crippen molar-refractivity contribution in [2.75, 3.05) is 7.11 Å². The van der Waals surface area contributed by atoms with Crippen LogP contribution in [0, 0.1) is 6.92 Å². The third-order valence-corrected chi connectivity index (χ3v) is 5.07. The third-order valence-electron chi connectivity index (χ3n) is 5.07. The number of benzene rings is 1. The van der Waals surface area contributed by atoms with Gasteiger partial charge in [0.1, 0.15) is 11.5 Å². The molecule has 5 nitrogen and oxygen atoms in total. The molecule has 0 atom stereocenters. The predicted octanol–water partition coefficient (Wildman–Crippen LogP) is 4.36. The maximum absolute atomic E-state index is 5.93. The summed E-state index contributed by atoms with van der Waals surface area (Å²) in [4.78, 5) is 8.66. The van der Waals surface area contributed by atoms with Crippen molar-refractivity contribution in [2.45, 2.75) is 39.3 Å². The van der Waals surface area contributed by atoms with E-state index in [9.17, 15) is 0 Å². The number of hydrogen-bond acceptors (Lipinski definition) is 5. The second-order valence-corrected chi connectivity index (χ2v) is 7.09. The SMILES string of the molecule is COc1cc2c(cc1CNCc1cccnc1Oc1ccc(C)nc1)CCC2. The molecule has 1 aliphatic rings. The molecule has 0 spiro atoms. The molecular weight excluding hydrogens is 350 g/mol. The number of hydrogen-bond donors (Lipinski definition) is 1. The van der Waals surface area contributed by atoms with Gasteiger partial charge in [-0.15, -0.1) is 0 Å². The van der Waals surface area contributed by atoms with Gasteiger partial charge in [0.25, 0.3) is 0 Å². The fraction of sp³-hybridized carbons (Fsp3) is 0.304. The quantitative estimate of drug-likeness (QED) is 0.665. The first-order chi connectivity index (χ1) is 13.7. The van der Waals surface area contributed by atoms with Gasteiger partial charge < -0.3 is 14.8 Å². The van der Waals surface area contributed by atoms with E-state index in [0.29, 0.717) is 18.2 Å². The minimum Gasteiger partial charge on any atom is -0.496 e. The maximum Gasteiger partial charge on any atom is 0.223 e. The zero-order valence-electron chi connectivity index (χ0n) is 16.4. The summed E-state index contributed by atoms with van der Waals surface area (Å²) in [5, 5.41) is 3.50. The van der Waals surface area contributed by atoms with E-state index in [1.165, 1.54) is 23.1 Å². The largest absolute Gasteiger partial charge is 0.496 e. The van der Waals surface area contributed by atoms with Gasteiger partial charge in [-0.3, -0.25) is 4.98 Å². The molecule has 0 aliphatic heterocycles. The Hall–Kier alpha value is -2.92. The average Bonchev–Trinajstić information content (AvgIpc) is 3.17. The molecule has 0 amide bonds. The van der Waals surface area contributed by atoms with Crippen molar-refractivity contribution in [3.05, 3.63) is 76.7 Å². The lowest BCUT2D eigenvalue weighted by molar-refractivity contribution is 0.406. The Labute approximate surface area is 165 Å². The number of ether oxygens (including phenoxy) is 2. The summed E-state index contributed by atoms with van der Waals surface area (Å²) in [5.74, 6) is 2.24. The number of rotatable bonds is 7. The lowest BCUT2D eigenvalue weighted by atomic mass is 10.0. The van der Waals surface area contributed by atoms with Gasteiger partial charge in [0.15, 0.2) is 0 Å². The number of aryl methyl sites for hydroxylation is 3. The first-order valence-corrected chi connectivity index (χ1v) is 9.66. The molecule has 144 valence electrons. The van der Waals surface area contributed by atoms with Gasteiger partial charge in [0.05, 0.1) is 13.3 Å². The molecule has 0 radical (unpaired) electrons. The van der Waals surface area contributed by atoms with Crippen LogP contribution in [0.1, 0.15) is 34.4 Å². The smallest absolute Gasteiger partial charge is 0.223 e. The molecule has 3 aromatic rings. The molecule has 0 bridgehead atoms. The van der Waals surface area contributed by atoms with Crippen molar-refractivity contribution in [3.63, 3.8) is 0 Å². The molecule has 5 heteroatoms. The first kappa shape index (κ1) is 18.4. The molecule has 1 aromatic carbocycles. The van der Waals surface area contributed by atoms with Crippen LogP contribution < -0.4 is 14.8 Å². The zero-order chi connectivity index (χ0) is 19.3. The van der Waals surface area contributed by atoms with Crippen molar-refractivity contribution in [2.24, 2.45) is 0 Å². The second-order valence-electron chi connectivity index (χ2n) is 7.09. The zero-order valence-corrected chi connectivity index (χ0v) is 16.4.